The van der Waals surface area contributed by atoms with Gasteiger partial charge in [-0.2, -0.15) is 0 Å². The minimum Gasteiger partial charge on any atom is -0.0622 e. The average Bonchev–Trinajstić information content (AvgIpc) is 2.56. The average molecular weight is 268 g/mol. The fraction of sp³-hybridized carbons (Fsp3) is 0.0476. The van der Waals surface area contributed by atoms with Crippen LogP contribution in [0.25, 0.3) is 21.5 Å². The second-order valence-corrected chi connectivity index (χ2v) is 5.46. The highest BCUT2D eigenvalue weighted by Crippen LogP contribution is 2.29. The first kappa shape index (κ1) is 12.2. The molecule has 0 nitrogen and oxygen atoms in total. The topological polar surface area (TPSA) is 0 Å². The Balaban J connectivity index is 1.98. The molecule has 4 aromatic carbocycles. The van der Waals surface area contributed by atoms with E-state index in [-0.39, 0.29) is 0 Å². The summed E-state index contributed by atoms with van der Waals surface area (Å²) in [5.41, 5.74) is 2.76. The minimum atomic E-state index is 0.978. The smallest absolute Gasteiger partial charge is 0.00194 e. The standard InChI is InChI=1S/C21H16/c1-2-7-16(8-3-1)15-19-11-6-10-18-14-13-17-9-4-5-12-20(17)21(18)19/h1-14H,15H2. The molecule has 0 aliphatic carbocycles. The van der Waals surface area contributed by atoms with Crippen LogP contribution in [0.3, 0.4) is 0 Å². The monoisotopic (exact) mass is 268 g/mol. The zero-order chi connectivity index (χ0) is 14.1. The normalized spacial score (nSPS) is 11.0. The van der Waals surface area contributed by atoms with E-state index in [1.807, 2.05) is 0 Å². The van der Waals surface area contributed by atoms with E-state index in [4.69, 9.17) is 0 Å². The van der Waals surface area contributed by atoms with E-state index in [9.17, 15) is 0 Å². The van der Waals surface area contributed by atoms with Gasteiger partial charge in [-0.25, -0.2) is 0 Å². The fourth-order valence-electron chi connectivity index (χ4n) is 3.10. The Kier molecular flexibility index (Phi) is 2.93. The van der Waals surface area contributed by atoms with E-state index in [1.165, 1.54) is 32.7 Å². The van der Waals surface area contributed by atoms with Gasteiger partial charge in [0, 0.05) is 0 Å². The van der Waals surface area contributed by atoms with Crippen LogP contribution in [0.5, 0.6) is 0 Å². The summed E-state index contributed by atoms with van der Waals surface area (Å²) in [7, 11) is 0. The van der Waals surface area contributed by atoms with Gasteiger partial charge in [-0.05, 0) is 39.1 Å². The molecule has 0 saturated heterocycles. The fourth-order valence-corrected chi connectivity index (χ4v) is 3.10. The molecule has 21 heavy (non-hydrogen) atoms. The summed E-state index contributed by atoms with van der Waals surface area (Å²) in [4.78, 5) is 0. The molecule has 0 N–H and O–H groups in total. The molecule has 0 amide bonds. The lowest BCUT2D eigenvalue weighted by atomic mass is 9.94. The Morgan fingerprint density at radius 3 is 2.14 bits per heavy atom. The first-order valence-corrected chi connectivity index (χ1v) is 7.35. The minimum absolute atomic E-state index is 0.978. The van der Waals surface area contributed by atoms with Crippen LogP contribution in [-0.2, 0) is 6.42 Å². The summed E-state index contributed by atoms with van der Waals surface area (Å²) in [6, 6.07) is 30.4. The highest BCUT2D eigenvalue weighted by molar-refractivity contribution is 6.09. The summed E-state index contributed by atoms with van der Waals surface area (Å²) in [6.07, 6.45) is 0.978. The molecule has 0 aliphatic rings. The number of hydrogen-bond donors (Lipinski definition) is 0. The summed E-state index contributed by atoms with van der Waals surface area (Å²) in [6.45, 7) is 0. The molecule has 0 spiro atoms. The van der Waals surface area contributed by atoms with Crippen LogP contribution in [0, 0.1) is 0 Å². The summed E-state index contributed by atoms with van der Waals surface area (Å²) < 4.78 is 0. The maximum atomic E-state index is 2.25. The molecule has 0 heterocycles. The Labute approximate surface area is 124 Å². The van der Waals surface area contributed by atoms with E-state index < -0.39 is 0 Å². The SMILES string of the molecule is c1ccc(Cc2cccc3ccc4ccccc4c23)cc1. The number of hydrogen-bond acceptors (Lipinski definition) is 0. The Morgan fingerprint density at radius 1 is 0.524 bits per heavy atom. The van der Waals surface area contributed by atoms with Gasteiger partial charge in [-0.15, -0.1) is 0 Å². The van der Waals surface area contributed by atoms with Crippen LogP contribution in [0.1, 0.15) is 11.1 Å². The predicted octanol–water partition coefficient (Wildman–Crippen LogP) is 5.58. The maximum Gasteiger partial charge on any atom is -0.00194 e. The quantitative estimate of drug-likeness (QED) is 0.416. The van der Waals surface area contributed by atoms with E-state index >= 15 is 0 Å². The summed E-state index contributed by atoms with van der Waals surface area (Å²) in [5.74, 6) is 0. The first-order chi connectivity index (χ1) is 10.4. The molecule has 0 unspecified atom stereocenters. The molecule has 100 valence electrons. The third-order valence-electron chi connectivity index (χ3n) is 4.09. The third-order valence-corrected chi connectivity index (χ3v) is 4.09. The second-order valence-electron chi connectivity index (χ2n) is 5.46. The van der Waals surface area contributed by atoms with Crippen LogP contribution in [0.2, 0.25) is 0 Å². The van der Waals surface area contributed by atoms with Crippen molar-refractivity contribution in [2.75, 3.05) is 0 Å². The molecule has 0 atom stereocenters. The molecule has 0 heteroatoms. The lowest BCUT2D eigenvalue weighted by Gasteiger charge is -2.10. The Bertz CT molecular complexity index is 905. The number of rotatable bonds is 2. The van der Waals surface area contributed by atoms with Crippen molar-refractivity contribution in [3.05, 3.63) is 96.1 Å². The summed E-state index contributed by atoms with van der Waals surface area (Å²) >= 11 is 0. The largest absolute Gasteiger partial charge is 0.0622 e. The predicted molar refractivity (Wildman–Crippen MR) is 90.7 cm³/mol. The van der Waals surface area contributed by atoms with Crippen LogP contribution >= 0.6 is 0 Å². The molecule has 0 bridgehead atoms. The molecule has 4 rings (SSSR count). The number of fused-ring (bicyclic) bond motifs is 3. The van der Waals surface area contributed by atoms with Crippen molar-refractivity contribution in [2.45, 2.75) is 6.42 Å². The van der Waals surface area contributed by atoms with Crippen LogP contribution in [0.4, 0.5) is 0 Å². The molecule has 0 aromatic heterocycles. The lowest BCUT2D eigenvalue weighted by molar-refractivity contribution is 1.22. The van der Waals surface area contributed by atoms with Gasteiger partial charge in [0.05, 0.1) is 0 Å². The van der Waals surface area contributed by atoms with Crippen molar-refractivity contribution in [3.8, 4) is 0 Å². The molecule has 4 aromatic rings. The molecule has 0 saturated carbocycles. The van der Waals surface area contributed by atoms with E-state index in [0.29, 0.717) is 0 Å². The Hall–Kier alpha value is -2.60. The second kappa shape index (κ2) is 5.06. The van der Waals surface area contributed by atoms with Crippen LogP contribution in [-0.4, -0.2) is 0 Å². The summed E-state index contributed by atoms with van der Waals surface area (Å²) in [5, 5.41) is 5.37. The van der Waals surface area contributed by atoms with Gasteiger partial charge in [0.1, 0.15) is 0 Å². The third kappa shape index (κ3) is 2.19. The van der Waals surface area contributed by atoms with Crippen LogP contribution in [0.15, 0.2) is 84.9 Å². The van der Waals surface area contributed by atoms with Gasteiger partial charge in [0.15, 0.2) is 0 Å². The van der Waals surface area contributed by atoms with Crippen molar-refractivity contribution >= 4 is 21.5 Å². The molecular formula is C21H16. The van der Waals surface area contributed by atoms with Crippen molar-refractivity contribution in [1.29, 1.82) is 0 Å². The van der Waals surface area contributed by atoms with Gasteiger partial charge in [0.2, 0.25) is 0 Å². The van der Waals surface area contributed by atoms with Crippen molar-refractivity contribution in [1.82, 2.24) is 0 Å². The van der Waals surface area contributed by atoms with Crippen LogP contribution < -0.4 is 0 Å². The molecule has 0 aliphatic heterocycles. The zero-order valence-corrected chi connectivity index (χ0v) is 11.8. The van der Waals surface area contributed by atoms with Crippen molar-refractivity contribution in [2.24, 2.45) is 0 Å². The van der Waals surface area contributed by atoms with Crippen molar-refractivity contribution < 1.29 is 0 Å². The highest BCUT2D eigenvalue weighted by atomic mass is 14.1. The number of benzene rings is 4. The van der Waals surface area contributed by atoms with E-state index in [0.717, 1.165) is 6.42 Å². The maximum absolute atomic E-state index is 2.25. The van der Waals surface area contributed by atoms with E-state index in [1.54, 1.807) is 0 Å². The zero-order valence-electron chi connectivity index (χ0n) is 11.8. The van der Waals surface area contributed by atoms with Gasteiger partial charge >= 0.3 is 0 Å². The first-order valence-electron chi connectivity index (χ1n) is 7.35. The van der Waals surface area contributed by atoms with Gasteiger partial charge in [-0.1, -0.05) is 84.9 Å². The molecule has 0 fully saturated rings. The van der Waals surface area contributed by atoms with E-state index in [2.05, 4.69) is 84.9 Å². The molecule has 0 radical (unpaired) electrons. The van der Waals surface area contributed by atoms with Gasteiger partial charge in [0.25, 0.3) is 0 Å². The van der Waals surface area contributed by atoms with Gasteiger partial charge < -0.3 is 0 Å². The highest BCUT2D eigenvalue weighted by Gasteiger charge is 2.06. The van der Waals surface area contributed by atoms with Crippen molar-refractivity contribution in [3.63, 3.8) is 0 Å². The van der Waals surface area contributed by atoms with Gasteiger partial charge in [-0.3, -0.25) is 0 Å². The molecular weight excluding hydrogens is 252 g/mol. The Morgan fingerprint density at radius 2 is 1.24 bits per heavy atom. The lowest BCUT2D eigenvalue weighted by Crippen LogP contribution is -1.90.